The highest BCUT2D eigenvalue weighted by Gasteiger charge is 2.23. The van der Waals surface area contributed by atoms with E-state index < -0.39 is 5.82 Å². The van der Waals surface area contributed by atoms with Crippen molar-refractivity contribution in [2.45, 2.75) is 32.1 Å². The van der Waals surface area contributed by atoms with Gasteiger partial charge in [0, 0.05) is 51.8 Å². The summed E-state index contributed by atoms with van der Waals surface area (Å²) in [6.07, 6.45) is 6.32. The molecule has 0 N–H and O–H groups in total. The number of benzene rings is 1. The van der Waals surface area contributed by atoms with E-state index in [2.05, 4.69) is 25.8 Å². The summed E-state index contributed by atoms with van der Waals surface area (Å²) in [6.45, 7) is 4.96. The number of hydrogen-bond acceptors (Lipinski definition) is 5. The van der Waals surface area contributed by atoms with Crippen molar-refractivity contribution in [2.24, 2.45) is 0 Å². The lowest BCUT2D eigenvalue weighted by Crippen LogP contribution is -2.49. The number of hydrogen-bond donors (Lipinski definition) is 0. The molecule has 0 radical (unpaired) electrons. The van der Waals surface area contributed by atoms with Crippen LogP contribution in [0.3, 0.4) is 0 Å². The first-order valence-electron chi connectivity index (χ1n) is 10.6. The second-order valence-corrected chi connectivity index (χ2v) is 8.31. The minimum absolute atomic E-state index is 0.0994. The number of halogens is 2. The summed E-state index contributed by atoms with van der Waals surface area (Å²) in [6, 6.07) is 6.69. The molecule has 0 aliphatic carbocycles. The average Bonchev–Trinajstić information content (AvgIpc) is 2.80. The second kappa shape index (κ2) is 9.60. The summed E-state index contributed by atoms with van der Waals surface area (Å²) >= 11 is 5.82. The average molecular weight is 432 g/mol. The molecule has 1 aromatic heterocycles. The van der Waals surface area contributed by atoms with E-state index in [0.717, 1.165) is 43.4 Å². The molecule has 3 heterocycles. The molecule has 8 heteroatoms. The van der Waals surface area contributed by atoms with Crippen LogP contribution in [0.1, 0.15) is 31.2 Å². The third kappa shape index (κ3) is 5.01. The van der Waals surface area contributed by atoms with Gasteiger partial charge >= 0.3 is 0 Å². The van der Waals surface area contributed by atoms with Gasteiger partial charge in [-0.2, -0.15) is 0 Å². The van der Waals surface area contributed by atoms with Gasteiger partial charge in [-0.3, -0.25) is 4.79 Å². The maximum absolute atomic E-state index is 13.3. The monoisotopic (exact) mass is 431 g/mol. The summed E-state index contributed by atoms with van der Waals surface area (Å²) in [5.74, 6) is 1.61. The number of piperidine rings is 1. The highest BCUT2D eigenvalue weighted by atomic mass is 35.5. The fourth-order valence-corrected chi connectivity index (χ4v) is 4.30. The van der Waals surface area contributed by atoms with Crippen molar-refractivity contribution in [3.63, 3.8) is 0 Å². The molecule has 2 saturated heterocycles. The lowest BCUT2D eigenvalue weighted by molar-refractivity contribution is -0.131. The van der Waals surface area contributed by atoms with Crippen LogP contribution in [0.2, 0.25) is 5.02 Å². The molecule has 0 saturated carbocycles. The van der Waals surface area contributed by atoms with Crippen molar-refractivity contribution < 1.29 is 9.18 Å². The van der Waals surface area contributed by atoms with Crippen molar-refractivity contribution in [1.29, 1.82) is 0 Å². The van der Waals surface area contributed by atoms with Crippen molar-refractivity contribution in [3.05, 3.63) is 47.0 Å². The number of anilines is 2. The quantitative estimate of drug-likeness (QED) is 0.724. The van der Waals surface area contributed by atoms with Crippen LogP contribution < -0.4 is 9.80 Å². The number of carbonyl (C=O) groups is 1. The van der Waals surface area contributed by atoms with Crippen LogP contribution in [0, 0.1) is 5.82 Å². The first kappa shape index (κ1) is 20.8. The predicted molar refractivity (Wildman–Crippen MR) is 117 cm³/mol. The number of piperazine rings is 1. The molecule has 160 valence electrons. The maximum atomic E-state index is 13.3. The Labute approximate surface area is 181 Å². The van der Waals surface area contributed by atoms with Gasteiger partial charge in [0.1, 0.15) is 23.8 Å². The Morgan fingerprint density at radius 3 is 2.27 bits per heavy atom. The molecule has 2 fully saturated rings. The Balaban J connectivity index is 1.29. The minimum Gasteiger partial charge on any atom is -0.356 e. The van der Waals surface area contributed by atoms with Crippen LogP contribution >= 0.6 is 11.6 Å². The Morgan fingerprint density at radius 2 is 1.60 bits per heavy atom. The smallest absolute Gasteiger partial charge is 0.223 e. The number of aromatic nitrogens is 2. The fraction of sp³-hybridized carbons (Fsp3) is 0.500. The van der Waals surface area contributed by atoms with Crippen molar-refractivity contribution in [2.75, 3.05) is 49.1 Å². The van der Waals surface area contributed by atoms with Crippen LogP contribution in [-0.2, 0) is 11.2 Å². The van der Waals surface area contributed by atoms with Gasteiger partial charge in [-0.05, 0) is 43.4 Å². The highest BCUT2D eigenvalue weighted by Crippen LogP contribution is 2.22. The van der Waals surface area contributed by atoms with Crippen LogP contribution in [0.25, 0.3) is 0 Å². The van der Waals surface area contributed by atoms with Gasteiger partial charge in [-0.15, -0.1) is 0 Å². The zero-order valence-electron chi connectivity index (χ0n) is 17.1. The van der Waals surface area contributed by atoms with E-state index in [1.807, 2.05) is 4.90 Å². The van der Waals surface area contributed by atoms with Gasteiger partial charge in [0.2, 0.25) is 5.91 Å². The van der Waals surface area contributed by atoms with Crippen LogP contribution in [0.5, 0.6) is 0 Å². The SMILES string of the molecule is O=C(CCc1ccc(F)c(Cl)c1)N1CCN(c2cc(N3CCCCC3)ncn2)CC1. The number of aryl methyl sites for hydroxylation is 1. The summed E-state index contributed by atoms with van der Waals surface area (Å²) < 4.78 is 13.3. The summed E-state index contributed by atoms with van der Waals surface area (Å²) in [5.41, 5.74) is 0.875. The molecule has 0 unspecified atom stereocenters. The van der Waals surface area contributed by atoms with E-state index in [-0.39, 0.29) is 10.9 Å². The highest BCUT2D eigenvalue weighted by molar-refractivity contribution is 6.30. The standard InChI is InChI=1S/C22H27ClFN5O/c23-18-14-17(4-6-19(18)24)5-7-22(30)29-12-10-28(11-13-29)21-15-20(25-16-26-21)27-8-2-1-3-9-27/h4,6,14-16H,1-3,5,7-13H2. The van der Waals surface area contributed by atoms with Gasteiger partial charge in [0.25, 0.3) is 0 Å². The molecule has 2 aliphatic rings. The Hall–Kier alpha value is -2.41. The Morgan fingerprint density at radius 1 is 0.933 bits per heavy atom. The largest absolute Gasteiger partial charge is 0.356 e. The van der Waals surface area contributed by atoms with Gasteiger partial charge in [0.15, 0.2) is 0 Å². The Kier molecular flexibility index (Phi) is 6.67. The number of nitrogens with zero attached hydrogens (tertiary/aromatic N) is 5. The summed E-state index contributed by atoms with van der Waals surface area (Å²) in [4.78, 5) is 28.0. The van der Waals surface area contributed by atoms with Gasteiger partial charge in [0.05, 0.1) is 5.02 Å². The lowest BCUT2D eigenvalue weighted by atomic mass is 10.1. The van der Waals surface area contributed by atoms with Gasteiger partial charge in [-0.25, -0.2) is 14.4 Å². The number of amides is 1. The molecular weight excluding hydrogens is 405 g/mol. The Bertz CT molecular complexity index is 882. The summed E-state index contributed by atoms with van der Waals surface area (Å²) in [5, 5.41) is 0.0994. The maximum Gasteiger partial charge on any atom is 0.223 e. The molecule has 6 nitrogen and oxygen atoms in total. The van der Waals surface area contributed by atoms with E-state index in [9.17, 15) is 9.18 Å². The van der Waals surface area contributed by atoms with Crippen molar-refractivity contribution in [3.8, 4) is 0 Å². The molecule has 0 atom stereocenters. The molecule has 4 rings (SSSR count). The lowest BCUT2D eigenvalue weighted by Gasteiger charge is -2.36. The first-order valence-corrected chi connectivity index (χ1v) is 11.0. The van der Waals surface area contributed by atoms with Crippen LogP contribution in [0.4, 0.5) is 16.0 Å². The number of rotatable bonds is 5. The van der Waals surface area contributed by atoms with E-state index in [0.29, 0.717) is 25.9 Å². The minimum atomic E-state index is -0.434. The molecule has 1 amide bonds. The third-order valence-corrected chi connectivity index (χ3v) is 6.18. The van der Waals surface area contributed by atoms with Gasteiger partial charge < -0.3 is 14.7 Å². The molecule has 1 aromatic carbocycles. The molecule has 0 bridgehead atoms. The number of carbonyl (C=O) groups excluding carboxylic acids is 1. The molecule has 0 spiro atoms. The van der Waals surface area contributed by atoms with Crippen LogP contribution in [0.15, 0.2) is 30.6 Å². The van der Waals surface area contributed by atoms with E-state index >= 15 is 0 Å². The molecular formula is C22H27ClFN5O. The van der Waals surface area contributed by atoms with Crippen molar-refractivity contribution in [1.82, 2.24) is 14.9 Å². The predicted octanol–water partition coefficient (Wildman–Crippen LogP) is 3.54. The molecule has 2 aliphatic heterocycles. The van der Waals surface area contributed by atoms with Gasteiger partial charge in [-0.1, -0.05) is 17.7 Å². The van der Waals surface area contributed by atoms with E-state index in [1.165, 1.54) is 25.3 Å². The topological polar surface area (TPSA) is 52.6 Å². The van der Waals surface area contributed by atoms with Crippen molar-refractivity contribution >= 4 is 29.1 Å². The van der Waals surface area contributed by atoms with E-state index in [1.54, 1.807) is 18.5 Å². The zero-order valence-corrected chi connectivity index (χ0v) is 17.8. The molecule has 2 aromatic rings. The second-order valence-electron chi connectivity index (χ2n) is 7.90. The summed E-state index contributed by atoms with van der Waals surface area (Å²) in [7, 11) is 0. The normalized spacial score (nSPS) is 17.3. The van der Waals surface area contributed by atoms with E-state index in [4.69, 9.17) is 11.6 Å². The van der Waals surface area contributed by atoms with Crippen LogP contribution in [-0.4, -0.2) is 60.0 Å². The zero-order chi connectivity index (χ0) is 20.9. The fourth-order valence-electron chi connectivity index (χ4n) is 4.10. The first-order chi connectivity index (χ1) is 14.6. The molecule has 30 heavy (non-hydrogen) atoms. The third-order valence-electron chi connectivity index (χ3n) is 5.89.